The number of carbonyl (C=O) groups is 4. The number of amides is 3. The van der Waals surface area contributed by atoms with Gasteiger partial charge < -0.3 is 14.6 Å². The van der Waals surface area contributed by atoms with Gasteiger partial charge in [0.05, 0.1) is 22.1 Å². The topological polar surface area (TPSA) is 97.7 Å². The molecule has 0 spiro atoms. The first-order valence-corrected chi connectivity index (χ1v) is 13.7. The highest BCUT2D eigenvalue weighted by Crippen LogP contribution is 2.34. The molecule has 0 bridgehead atoms. The van der Waals surface area contributed by atoms with E-state index in [2.05, 4.69) is 9.88 Å². The molecule has 3 aromatic carbocycles. The van der Waals surface area contributed by atoms with Crippen LogP contribution >= 0.6 is 23.4 Å². The monoisotopic (exact) mass is 573 g/mol. The van der Waals surface area contributed by atoms with Crippen LogP contribution in [-0.4, -0.2) is 45.6 Å². The summed E-state index contributed by atoms with van der Waals surface area (Å²) in [5.74, 6) is -1.77. The lowest BCUT2D eigenvalue weighted by Gasteiger charge is -2.13. The van der Waals surface area contributed by atoms with E-state index in [1.807, 2.05) is 60.8 Å². The molecule has 1 saturated heterocycles. The average Bonchev–Trinajstić information content (AvgIpc) is 3.42. The van der Waals surface area contributed by atoms with E-state index < -0.39 is 29.6 Å². The minimum absolute atomic E-state index is 0.0989. The first-order chi connectivity index (χ1) is 19.3. The Kier molecular flexibility index (Phi) is 8.04. The first kappa shape index (κ1) is 27.2. The van der Waals surface area contributed by atoms with Crippen molar-refractivity contribution in [2.45, 2.75) is 13.5 Å². The number of hydrogen-bond donors (Lipinski definition) is 1. The van der Waals surface area contributed by atoms with Gasteiger partial charge in [0.1, 0.15) is 6.54 Å². The zero-order valence-corrected chi connectivity index (χ0v) is 23.0. The van der Waals surface area contributed by atoms with Crippen molar-refractivity contribution >= 4 is 69.1 Å². The van der Waals surface area contributed by atoms with Crippen LogP contribution in [0.1, 0.15) is 28.4 Å². The van der Waals surface area contributed by atoms with Crippen molar-refractivity contribution in [3.63, 3.8) is 0 Å². The summed E-state index contributed by atoms with van der Waals surface area (Å²) in [5, 5.41) is 3.19. The Morgan fingerprint density at radius 1 is 1.02 bits per heavy atom. The number of halogens is 1. The summed E-state index contributed by atoms with van der Waals surface area (Å²) < 4.78 is 7.08. The molecule has 10 heteroatoms. The normalized spacial score (nSPS) is 14.2. The standard InChI is InChI=1S/C30H24ClN3O5S/c1-2-39-29(37)23-15-21(12-13-24(23)31)32-27(35)18-34-28(36)26(40-30(34)38)14-20-17-33(16-19-8-4-3-5-9-19)25-11-7-6-10-22(20)25/h3-15,17H,2,16,18H2,1H3,(H,32,35)/b26-14-. The Labute approximate surface area is 239 Å². The van der Waals surface area contributed by atoms with Crippen LogP contribution in [0.5, 0.6) is 0 Å². The molecule has 8 nitrogen and oxygen atoms in total. The molecule has 0 radical (unpaired) electrons. The second-order valence-corrected chi connectivity index (χ2v) is 10.3. The number of aromatic nitrogens is 1. The maximum Gasteiger partial charge on any atom is 0.339 e. The lowest BCUT2D eigenvalue weighted by molar-refractivity contribution is -0.127. The number of para-hydroxylation sites is 1. The van der Waals surface area contributed by atoms with Gasteiger partial charge in [-0.05, 0) is 54.6 Å². The third-order valence-corrected chi connectivity index (χ3v) is 7.46. The van der Waals surface area contributed by atoms with E-state index in [9.17, 15) is 19.2 Å². The van der Waals surface area contributed by atoms with Crippen LogP contribution < -0.4 is 5.32 Å². The molecule has 202 valence electrons. The molecule has 5 rings (SSSR count). The Morgan fingerprint density at radius 2 is 1.77 bits per heavy atom. The predicted molar refractivity (Wildman–Crippen MR) is 156 cm³/mol. The summed E-state index contributed by atoms with van der Waals surface area (Å²) in [6, 6.07) is 22.3. The van der Waals surface area contributed by atoms with E-state index in [1.165, 1.54) is 18.2 Å². The van der Waals surface area contributed by atoms with Gasteiger partial charge in [-0.3, -0.25) is 19.3 Å². The predicted octanol–water partition coefficient (Wildman–Crippen LogP) is 6.19. The quantitative estimate of drug-likeness (QED) is 0.199. The van der Waals surface area contributed by atoms with Gasteiger partial charge in [-0.1, -0.05) is 60.1 Å². The van der Waals surface area contributed by atoms with Crippen LogP contribution in [0, 0.1) is 0 Å². The van der Waals surface area contributed by atoms with Gasteiger partial charge in [-0.15, -0.1) is 0 Å². The van der Waals surface area contributed by atoms with E-state index in [-0.39, 0.29) is 27.8 Å². The van der Waals surface area contributed by atoms with E-state index in [0.717, 1.165) is 38.7 Å². The van der Waals surface area contributed by atoms with Crippen molar-refractivity contribution in [2.75, 3.05) is 18.5 Å². The van der Waals surface area contributed by atoms with Gasteiger partial charge in [0.25, 0.3) is 11.1 Å². The maximum absolute atomic E-state index is 13.2. The summed E-state index contributed by atoms with van der Waals surface area (Å²) in [6.45, 7) is 2.02. The van der Waals surface area contributed by atoms with Crippen LogP contribution in [0.25, 0.3) is 17.0 Å². The number of benzene rings is 3. The van der Waals surface area contributed by atoms with Crippen molar-refractivity contribution < 1.29 is 23.9 Å². The van der Waals surface area contributed by atoms with Crippen molar-refractivity contribution in [1.29, 1.82) is 0 Å². The second-order valence-electron chi connectivity index (χ2n) is 8.95. The fourth-order valence-electron chi connectivity index (χ4n) is 4.39. The molecule has 1 aromatic heterocycles. The minimum atomic E-state index is -0.621. The van der Waals surface area contributed by atoms with E-state index in [4.69, 9.17) is 16.3 Å². The van der Waals surface area contributed by atoms with Crippen LogP contribution in [0.4, 0.5) is 10.5 Å². The zero-order chi connectivity index (χ0) is 28.2. The lowest BCUT2D eigenvalue weighted by Crippen LogP contribution is -2.36. The van der Waals surface area contributed by atoms with Crippen LogP contribution in [-0.2, 0) is 20.9 Å². The fourth-order valence-corrected chi connectivity index (χ4v) is 5.41. The molecule has 2 heterocycles. The Hall–Kier alpha value is -4.34. The molecular weight excluding hydrogens is 550 g/mol. The lowest BCUT2D eigenvalue weighted by atomic mass is 10.1. The number of nitrogens with zero attached hydrogens (tertiary/aromatic N) is 2. The number of fused-ring (bicyclic) bond motifs is 1. The number of ether oxygens (including phenoxy) is 1. The molecule has 40 heavy (non-hydrogen) atoms. The van der Waals surface area contributed by atoms with E-state index in [0.29, 0.717) is 6.54 Å². The second kappa shape index (κ2) is 11.8. The highest BCUT2D eigenvalue weighted by molar-refractivity contribution is 8.18. The minimum Gasteiger partial charge on any atom is -0.462 e. The number of nitrogens with one attached hydrogen (secondary N) is 1. The van der Waals surface area contributed by atoms with E-state index in [1.54, 1.807) is 13.0 Å². The number of hydrogen-bond acceptors (Lipinski definition) is 6. The third kappa shape index (κ3) is 5.80. The fraction of sp³-hybridized carbons (Fsp3) is 0.133. The van der Waals surface area contributed by atoms with Gasteiger partial charge >= 0.3 is 5.97 Å². The maximum atomic E-state index is 13.2. The molecule has 0 atom stereocenters. The number of carbonyl (C=O) groups excluding carboxylic acids is 4. The smallest absolute Gasteiger partial charge is 0.339 e. The van der Waals surface area contributed by atoms with E-state index >= 15 is 0 Å². The summed E-state index contributed by atoms with van der Waals surface area (Å²) in [7, 11) is 0. The molecule has 1 aliphatic heterocycles. The summed E-state index contributed by atoms with van der Waals surface area (Å²) in [6.07, 6.45) is 3.65. The highest BCUT2D eigenvalue weighted by atomic mass is 35.5. The van der Waals surface area contributed by atoms with Crippen molar-refractivity contribution in [1.82, 2.24) is 9.47 Å². The van der Waals surface area contributed by atoms with Crippen molar-refractivity contribution in [3.8, 4) is 0 Å². The molecule has 1 aliphatic rings. The number of imide groups is 1. The third-order valence-electron chi connectivity index (χ3n) is 6.22. The van der Waals surface area contributed by atoms with Crippen LogP contribution in [0.15, 0.2) is 83.9 Å². The molecule has 0 saturated carbocycles. The SMILES string of the molecule is CCOC(=O)c1cc(NC(=O)CN2C(=O)S/C(=C\c3cn(Cc4ccccc4)c4ccccc34)C2=O)ccc1Cl. The molecule has 3 amide bonds. The summed E-state index contributed by atoms with van der Waals surface area (Å²) >= 11 is 6.87. The van der Waals surface area contributed by atoms with Crippen LogP contribution in [0.2, 0.25) is 5.02 Å². The number of anilines is 1. The summed E-state index contributed by atoms with van der Waals surface area (Å²) in [4.78, 5) is 51.8. The molecule has 1 N–H and O–H groups in total. The Balaban J connectivity index is 1.33. The molecule has 1 fully saturated rings. The Morgan fingerprint density at radius 3 is 2.55 bits per heavy atom. The van der Waals surface area contributed by atoms with Crippen molar-refractivity contribution in [3.05, 3.63) is 106 Å². The van der Waals surface area contributed by atoms with Crippen molar-refractivity contribution in [2.24, 2.45) is 0 Å². The van der Waals surface area contributed by atoms with Gasteiger partial charge in [0.2, 0.25) is 5.91 Å². The Bertz CT molecular complexity index is 1660. The van der Waals surface area contributed by atoms with Gasteiger partial charge in [-0.2, -0.15) is 0 Å². The zero-order valence-electron chi connectivity index (χ0n) is 21.4. The summed E-state index contributed by atoms with van der Waals surface area (Å²) in [5.41, 5.74) is 3.32. The van der Waals surface area contributed by atoms with Crippen LogP contribution in [0.3, 0.4) is 0 Å². The molecular formula is C30H24ClN3O5S. The number of thioether (sulfide) groups is 1. The largest absolute Gasteiger partial charge is 0.462 e. The molecule has 4 aromatic rings. The first-order valence-electron chi connectivity index (χ1n) is 12.5. The number of esters is 1. The highest BCUT2D eigenvalue weighted by Gasteiger charge is 2.36. The molecule has 0 unspecified atom stereocenters. The van der Waals surface area contributed by atoms with Gasteiger partial charge in [-0.25, -0.2) is 4.79 Å². The van der Waals surface area contributed by atoms with Gasteiger partial charge in [0, 0.05) is 34.9 Å². The molecule has 0 aliphatic carbocycles. The van der Waals surface area contributed by atoms with Gasteiger partial charge in [0.15, 0.2) is 0 Å². The number of rotatable bonds is 8. The average molecular weight is 574 g/mol.